The van der Waals surface area contributed by atoms with E-state index in [9.17, 15) is 0 Å². The molecule has 0 unspecified atom stereocenters. The molecule has 2 rings (SSSR count). The Balaban J connectivity index is 2.12. The molecule has 5 heteroatoms. The van der Waals surface area contributed by atoms with Crippen LogP contribution < -0.4 is 10.5 Å². The maximum absolute atomic E-state index is 7.55. The van der Waals surface area contributed by atoms with Crippen LogP contribution in [0, 0.1) is 12.3 Å². The van der Waals surface area contributed by atoms with Crippen LogP contribution in [-0.2, 0) is 0 Å². The van der Waals surface area contributed by atoms with Gasteiger partial charge in [-0.05, 0) is 38.9 Å². The molecule has 5 nitrogen and oxygen atoms in total. The Morgan fingerprint density at radius 3 is 2.72 bits per heavy atom. The highest BCUT2D eigenvalue weighted by molar-refractivity contribution is 5.97. The fourth-order valence-corrected chi connectivity index (χ4v) is 2.09. The van der Waals surface area contributed by atoms with E-state index in [1.807, 2.05) is 13.0 Å². The summed E-state index contributed by atoms with van der Waals surface area (Å²) in [5, 5.41) is 7.55. The summed E-state index contributed by atoms with van der Waals surface area (Å²) in [4.78, 5) is 6.64. The van der Waals surface area contributed by atoms with Crippen molar-refractivity contribution in [1.82, 2.24) is 9.88 Å². The van der Waals surface area contributed by atoms with Crippen LogP contribution in [0.5, 0.6) is 5.88 Å². The molecule has 1 aliphatic heterocycles. The molecule has 0 amide bonds. The van der Waals surface area contributed by atoms with Gasteiger partial charge in [-0.1, -0.05) is 0 Å². The third-order valence-corrected chi connectivity index (χ3v) is 3.23. The zero-order valence-electron chi connectivity index (χ0n) is 10.9. The van der Waals surface area contributed by atoms with Crippen LogP contribution >= 0.6 is 0 Å². The van der Waals surface area contributed by atoms with Crippen molar-refractivity contribution in [2.24, 2.45) is 5.73 Å². The van der Waals surface area contributed by atoms with E-state index in [2.05, 4.69) is 16.9 Å². The highest BCUT2D eigenvalue weighted by atomic mass is 16.5. The van der Waals surface area contributed by atoms with Crippen LogP contribution in [0.1, 0.15) is 24.1 Å². The predicted octanol–water partition coefficient (Wildman–Crippen LogP) is 1.15. The van der Waals surface area contributed by atoms with Crippen molar-refractivity contribution in [2.75, 3.05) is 20.1 Å². The molecule has 0 aliphatic carbocycles. The standard InChI is InChI=1S/C13H20N4O/c1-9-3-4-11(12(14)15)13(16-9)18-10-5-7-17(2)8-6-10/h3-4,10H,5-8H2,1-2H3,(H3,14,15). The Kier molecular flexibility index (Phi) is 3.81. The molecule has 1 aromatic heterocycles. The first kappa shape index (κ1) is 12.8. The molecule has 98 valence electrons. The second-order valence-electron chi connectivity index (χ2n) is 4.84. The Morgan fingerprint density at radius 1 is 1.44 bits per heavy atom. The van der Waals surface area contributed by atoms with Crippen LogP contribution in [0.4, 0.5) is 0 Å². The van der Waals surface area contributed by atoms with E-state index >= 15 is 0 Å². The highest BCUT2D eigenvalue weighted by Gasteiger charge is 2.20. The van der Waals surface area contributed by atoms with Gasteiger partial charge in [-0.2, -0.15) is 0 Å². The third-order valence-electron chi connectivity index (χ3n) is 3.23. The Hall–Kier alpha value is -1.62. The van der Waals surface area contributed by atoms with Crippen LogP contribution in [-0.4, -0.2) is 42.0 Å². The van der Waals surface area contributed by atoms with Gasteiger partial charge in [0, 0.05) is 18.8 Å². The highest BCUT2D eigenvalue weighted by Crippen LogP contribution is 2.21. The van der Waals surface area contributed by atoms with Crippen LogP contribution in [0.2, 0.25) is 0 Å². The number of rotatable bonds is 3. The molecule has 1 aliphatic rings. The van der Waals surface area contributed by atoms with Crippen molar-refractivity contribution in [3.8, 4) is 5.88 Å². The minimum atomic E-state index is 0.00503. The van der Waals surface area contributed by atoms with E-state index in [0.29, 0.717) is 11.4 Å². The molecular weight excluding hydrogens is 228 g/mol. The smallest absolute Gasteiger partial charge is 0.225 e. The zero-order valence-corrected chi connectivity index (χ0v) is 10.9. The average Bonchev–Trinajstić information content (AvgIpc) is 2.32. The number of aryl methyl sites for hydroxylation is 1. The quantitative estimate of drug-likeness (QED) is 0.621. The summed E-state index contributed by atoms with van der Waals surface area (Å²) in [5.74, 6) is 0.502. The van der Waals surface area contributed by atoms with E-state index in [-0.39, 0.29) is 11.9 Å². The van der Waals surface area contributed by atoms with Crippen molar-refractivity contribution in [1.29, 1.82) is 5.41 Å². The lowest BCUT2D eigenvalue weighted by Gasteiger charge is -2.29. The molecule has 1 saturated heterocycles. The lowest BCUT2D eigenvalue weighted by atomic mass is 10.1. The molecule has 0 spiro atoms. The molecule has 18 heavy (non-hydrogen) atoms. The maximum atomic E-state index is 7.55. The van der Waals surface area contributed by atoms with Crippen molar-refractivity contribution in [3.63, 3.8) is 0 Å². The molecule has 1 fully saturated rings. The first-order chi connectivity index (χ1) is 8.56. The number of nitrogen functional groups attached to an aromatic ring is 1. The summed E-state index contributed by atoms with van der Waals surface area (Å²) in [5.41, 5.74) is 7.01. The number of hydrogen-bond donors (Lipinski definition) is 2. The third kappa shape index (κ3) is 2.98. The molecule has 1 aromatic rings. The summed E-state index contributed by atoms with van der Waals surface area (Å²) in [7, 11) is 2.11. The van der Waals surface area contributed by atoms with Crippen molar-refractivity contribution in [2.45, 2.75) is 25.9 Å². The number of nitrogens with zero attached hydrogens (tertiary/aromatic N) is 2. The number of hydrogen-bond acceptors (Lipinski definition) is 4. The van der Waals surface area contributed by atoms with Gasteiger partial charge in [-0.15, -0.1) is 0 Å². The summed E-state index contributed by atoms with van der Waals surface area (Å²) in [6, 6.07) is 3.65. The minimum absolute atomic E-state index is 0.00503. The Labute approximate surface area is 107 Å². The molecule has 0 aromatic carbocycles. The number of amidine groups is 1. The summed E-state index contributed by atoms with van der Waals surface area (Å²) in [6.45, 7) is 3.98. The normalized spacial score (nSPS) is 17.7. The second kappa shape index (κ2) is 5.35. The number of nitrogens with one attached hydrogen (secondary N) is 1. The van der Waals surface area contributed by atoms with Crippen molar-refractivity contribution >= 4 is 5.84 Å². The van der Waals surface area contributed by atoms with Crippen LogP contribution in [0.25, 0.3) is 0 Å². The number of piperidine rings is 1. The van der Waals surface area contributed by atoms with E-state index in [4.69, 9.17) is 15.9 Å². The monoisotopic (exact) mass is 248 g/mol. The average molecular weight is 248 g/mol. The van der Waals surface area contributed by atoms with Gasteiger partial charge in [0.05, 0.1) is 5.56 Å². The van der Waals surface area contributed by atoms with Gasteiger partial charge in [0.15, 0.2) is 0 Å². The molecular formula is C13H20N4O. The molecule has 0 radical (unpaired) electrons. The van der Waals surface area contributed by atoms with Crippen LogP contribution in [0.3, 0.4) is 0 Å². The topological polar surface area (TPSA) is 75.2 Å². The SMILES string of the molecule is Cc1ccc(C(=N)N)c(OC2CCN(C)CC2)n1. The van der Waals surface area contributed by atoms with Crippen LogP contribution in [0.15, 0.2) is 12.1 Å². The van der Waals surface area contributed by atoms with Gasteiger partial charge < -0.3 is 15.4 Å². The van der Waals surface area contributed by atoms with Gasteiger partial charge >= 0.3 is 0 Å². The fourth-order valence-electron chi connectivity index (χ4n) is 2.09. The van der Waals surface area contributed by atoms with E-state index in [1.54, 1.807) is 6.07 Å². The first-order valence-corrected chi connectivity index (χ1v) is 6.23. The molecule has 0 atom stereocenters. The Bertz CT molecular complexity index is 439. The van der Waals surface area contributed by atoms with Gasteiger partial charge in [0.2, 0.25) is 5.88 Å². The second-order valence-corrected chi connectivity index (χ2v) is 4.84. The largest absolute Gasteiger partial charge is 0.474 e. The molecule has 0 saturated carbocycles. The first-order valence-electron chi connectivity index (χ1n) is 6.23. The zero-order chi connectivity index (χ0) is 13.1. The number of aromatic nitrogens is 1. The molecule has 0 bridgehead atoms. The van der Waals surface area contributed by atoms with E-state index in [1.165, 1.54) is 0 Å². The van der Waals surface area contributed by atoms with Crippen molar-refractivity contribution in [3.05, 3.63) is 23.4 Å². The van der Waals surface area contributed by atoms with Gasteiger partial charge in [-0.3, -0.25) is 5.41 Å². The van der Waals surface area contributed by atoms with Gasteiger partial charge in [0.1, 0.15) is 11.9 Å². The number of ether oxygens (including phenoxy) is 1. The lowest BCUT2D eigenvalue weighted by molar-refractivity contribution is 0.109. The molecule has 2 heterocycles. The lowest BCUT2D eigenvalue weighted by Crippen LogP contribution is -2.36. The minimum Gasteiger partial charge on any atom is -0.474 e. The number of likely N-dealkylation sites (tertiary alicyclic amines) is 1. The Morgan fingerprint density at radius 2 is 2.11 bits per heavy atom. The van der Waals surface area contributed by atoms with Gasteiger partial charge in [-0.25, -0.2) is 4.98 Å². The van der Waals surface area contributed by atoms with Gasteiger partial charge in [0.25, 0.3) is 0 Å². The summed E-state index contributed by atoms with van der Waals surface area (Å²) >= 11 is 0. The van der Waals surface area contributed by atoms with E-state index < -0.39 is 0 Å². The van der Waals surface area contributed by atoms with Crippen molar-refractivity contribution < 1.29 is 4.74 Å². The number of pyridine rings is 1. The molecule has 3 N–H and O–H groups in total. The maximum Gasteiger partial charge on any atom is 0.225 e. The predicted molar refractivity (Wildman–Crippen MR) is 71.1 cm³/mol. The summed E-state index contributed by atoms with van der Waals surface area (Å²) < 4.78 is 5.92. The number of nitrogens with two attached hydrogens (primary N) is 1. The summed E-state index contributed by atoms with van der Waals surface area (Å²) in [6.07, 6.45) is 2.15. The fraction of sp³-hybridized carbons (Fsp3) is 0.538. The van der Waals surface area contributed by atoms with E-state index in [0.717, 1.165) is 31.6 Å².